The van der Waals surface area contributed by atoms with Crippen LogP contribution in [0, 0.1) is 0 Å². The van der Waals surface area contributed by atoms with Crippen molar-refractivity contribution >= 4 is 23.1 Å². The maximum Gasteiger partial charge on any atom is 0.0794 e. The van der Waals surface area contributed by atoms with Crippen LogP contribution in [0.15, 0.2) is 10.9 Å². The molecule has 4 heteroatoms. The Morgan fingerprint density at radius 3 is 3.08 bits per heavy atom. The molecule has 2 N–H and O–H groups in total. The summed E-state index contributed by atoms with van der Waals surface area (Å²) in [6, 6.07) is 0. The van der Waals surface area contributed by atoms with Gasteiger partial charge in [-0.2, -0.15) is 11.8 Å². The number of hydrogen-bond donors (Lipinski definition) is 1. The molecule has 13 heavy (non-hydrogen) atoms. The lowest BCUT2D eigenvalue weighted by molar-refractivity contribution is 0.559. The molecule has 72 valence electrons. The van der Waals surface area contributed by atoms with Crippen LogP contribution in [0.4, 0.5) is 0 Å². The minimum absolute atomic E-state index is 0.300. The van der Waals surface area contributed by atoms with Gasteiger partial charge in [-0.25, -0.2) is 4.98 Å². The molecule has 1 aromatic rings. The minimum atomic E-state index is 0.300. The number of thioether (sulfide) groups is 1. The number of rotatable bonds is 3. The molecule has 1 fully saturated rings. The second-order valence-electron chi connectivity index (χ2n) is 3.50. The normalized spacial score (nSPS) is 28.1. The third kappa shape index (κ3) is 2.06. The highest BCUT2D eigenvalue weighted by molar-refractivity contribution is 8.00. The van der Waals surface area contributed by atoms with Crippen molar-refractivity contribution in [2.75, 3.05) is 12.3 Å². The first kappa shape index (κ1) is 9.49. The number of nitrogens with two attached hydrogens (primary N) is 1. The lowest BCUT2D eigenvalue weighted by Crippen LogP contribution is -2.34. The molecule has 0 bridgehead atoms. The zero-order chi connectivity index (χ0) is 9.15. The number of nitrogens with zero attached hydrogens (tertiary/aromatic N) is 1. The number of hydrogen-bond acceptors (Lipinski definition) is 4. The maximum atomic E-state index is 5.84. The van der Waals surface area contributed by atoms with Gasteiger partial charge in [0.25, 0.3) is 0 Å². The molecule has 0 spiro atoms. The Bertz CT molecular complexity index is 253. The molecule has 2 rings (SSSR count). The van der Waals surface area contributed by atoms with Gasteiger partial charge in [-0.05, 0) is 18.6 Å². The lowest BCUT2D eigenvalue weighted by Gasteiger charge is -2.24. The fraction of sp³-hybridized carbons (Fsp3) is 0.667. The van der Waals surface area contributed by atoms with Crippen molar-refractivity contribution < 1.29 is 0 Å². The summed E-state index contributed by atoms with van der Waals surface area (Å²) < 4.78 is 0.300. The van der Waals surface area contributed by atoms with Crippen LogP contribution < -0.4 is 5.73 Å². The van der Waals surface area contributed by atoms with E-state index in [1.165, 1.54) is 24.3 Å². The molecule has 1 atom stereocenters. The summed E-state index contributed by atoms with van der Waals surface area (Å²) in [5.41, 5.74) is 8.95. The van der Waals surface area contributed by atoms with Gasteiger partial charge in [0.15, 0.2) is 0 Å². The van der Waals surface area contributed by atoms with Crippen LogP contribution in [0.1, 0.15) is 18.5 Å². The van der Waals surface area contributed by atoms with Crippen LogP contribution in [0.2, 0.25) is 0 Å². The van der Waals surface area contributed by atoms with Crippen molar-refractivity contribution in [2.24, 2.45) is 5.73 Å². The standard InChI is InChI=1S/C9H14N2S2/c10-6-9(2-1-3-13-9)4-8-5-12-7-11-8/h5,7H,1-4,6,10H2. The molecule has 0 aliphatic carbocycles. The van der Waals surface area contributed by atoms with E-state index < -0.39 is 0 Å². The second kappa shape index (κ2) is 3.98. The first-order valence-corrected chi connectivity index (χ1v) is 6.49. The second-order valence-corrected chi connectivity index (χ2v) is 5.78. The number of thiazole rings is 1. The van der Waals surface area contributed by atoms with E-state index in [1.807, 2.05) is 17.3 Å². The van der Waals surface area contributed by atoms with E-state index in [1.54, 1.807) is 11.3 Å². The van der Waals surface area contributed by atoms with E-state index in [2.05, 4.69) is 10.4 Å². The van der Waals surface area contributed by atoms with E-state index >= 15 is 0 Å². The van der Waals surface area contributed by atoms with Crippen LogP contribution in [0.25, 0.3) is 0 Å². The quantitative estimate of drug-likeness (QED) is 0.835. The van der Waals surface area contributed by atoms with Crippen LogP contribution in [-0.2, 0) is 6.42 Å². The van der Waals surface area contributed by atoms with Crippen LogP contribution in [-0.4, -0.2) is 22.0 Å². The fourth-order valence-electron chi connectivity index (χ4n) is 1.78. The van der Waals surface area contributed by atoms with Crippen LogP contribution >= 0.6 is 23.1 Å². The topological polar surface area (TPSA) is 38.9 Å². The van der Waals surface area contributed by atoms with Gasteiger partial charge in [-0.15, -0.1) is 11.3 Å². The molecule has 1 saturated heterocycles. The predicted molar refractivity (Wildman–Crippen MR) is 59.3 cm³/mol. The smallest absolute Gasteiger partial charge is 0.0794 e. The van der Waals surface area contributed by atoms with E-state index in [0.717, 1.165) is 13.0 Å². The molecule has 0 aromatic carbocycles. The van der Waals surface area contributed by atoms with Crippen LogP contribution in [0.3, 0.4) is 0 Å². The summed E-state index contributed by atoms with van der Waals surface area (Å²) in [5, 5.41) is 2.14. The molecule has 1 aliphatic heterocycles. The molecular formula is C9H14N2S2. The molecule has 2 nitrogen and oxygen atoms in total. The van der Waals surface area contributed by atoms with Gasteiger partial charge in [0.05, 0.1) is 11.2 Å². The third-order valence-electron chi connectivity index (χ3n) is 2.54. The molecule has 0 radical (unpaired) electrons. The molecule has 1 aliphatic rings. The van der Waals surface area contributed by atoms with Crippen molar-refractivity contribution in [1.82, 2.24) is 4.98 Å². The van der Waals surface area contributed by atoms with Crippen molar-refractivity contribution in [3.05, 3.63) is 16.6 Å². The summed E-state index contributed by atoms with van der Waals surface area (Å²) in [6.07, 6.45) is 3.62. The lowest BCUT2D eigenvalue weighted by atomic mass is 9.98. The van der Waals surface area contributed by atoms with Crippen LogP contribution in [0.5, 0.6) is 0 Å². The highest BCUT2D eigenvalue weighted by atomic mass is 32.2. The van der Waals surface area contributed by atoms with Crippen molar-refractivity contribution in [3.63, 3.8) is 0 Å². The van der Waals surface area contributed by atoms with Gasteiger partial charge in [-0.3, -0.25) is 0 Å². The van der Waals surface area contributed by atoms with Gasteiger partial charge in [0.2, 0.25) is 0 Å². The predicted octanol–water partition coefficient (Wildman–Crippen LogP) is 1.91. The zero-order valence-corrected chi connectivity index (χ0v) is 9.16. The third-order valence-corrected chi connectivity index (χ3v) is 4.80. The summed E-state index contributed by atoms with van der Waals surface area (Å²) in [4.78, 5) is 4.32. The SMILES string of the molecule is NCC1(Cc2cscn2)CCCS1. The first-order valence-electron chi connectivity index (χ1n) is 4.56. The van der Waals surface area contributed by atoms with E-state index in [0.29, 0.717) is 4.75 Å². The summed E-state index contributed by atoms with van der Waals surface area (Å²) in [7, 11) is 0. The number of aromatic nitrogens is 1. The molecule has 1 aromatic heterocycles. The highest BCUT2D eigenvalue weighted by Crippen LogP contribution is 2.39. The largest absolute Gasteiger partial charge is 0.329 e. The minimum Gasteiger partial charge on any atom is -0.329 e. The van der Waals surface area contributed by atoms with Crippen molar-refractivity contribution in [3.8, 4) is 0 Å². The Kier molecular flexibility index (Phi) is 2.91. The Morgan fingerprint density at radius 1 is 1.62 bits per heavy atom. The summed E-state index contributed by atoms with van der Waals surface area (Å²) >= 11 is 3.70. The molecule has 0 amide bonds. The van der Waals surface area contributed by atoms with Gasteiger partial charge < -0.3 is 5.73 Å². The van der Waals surface area contributed by atoms with Gasteiger partial charge >= 0.3 is 0 Å². The highest BCUT2D eigenvalue weighted by Gasteiger charge is 2.33. The Labute approximate surface area is 86.9 Å². The molecule has 1 unspecified atom stereocenters. The molecule has 0 saturated carbocycles. The maximum absolute atomic E-state index is 5.84. The van der Waals surface area contributed by atoms with Crippen molar-refractivity contribution in [1.29, 1.82) is 0 Å². The monoisotopic (exact) mass is 214 g/mol. The van der Waals surface area contributed by atoms with E-state index in [-0.39, 0.29) is 0 Å². The molecule has 2 heterocycles. The van der Waals surface area contributed by atoms with Gasteiger partial charge in [0.1, 0.15) is 0 Å². The Morgan fingerprint density at radius 2 is 2.54 bits per heavy atom. The summed E-state index contributed by atoms with van der Waals surface area (Å²) in [6.45, 7) is 0.787. The zero-order valence-electron chi connectivity index (χ0n) is 7.53. The van der Waals surface area contributed by atoms with Crippen molar-refractivity contribution in [2.45, 2.75) is 24.0 Å². The van der Waals surface area contributed by atoms with Gasteiger partial charge in [0, 0.05) is 23.1 Å². The molecular weight excluding hydrogens is 200 g/mol. The Hall–Kier alpha value is -0.0600. The van der Waals surface area contributed by atoms with E-state index in [9.17, 15) is 0 Å². The first-order chi connectivity index (χ1) is 6.35. The van der Waals surface area contributed by atoms with E-state index in [4.69, 9.17) is 5.73 Å². The summed E-state index contributed by atoms with van der Waals surface area (Å²) in [5.74, 6) is 1.27. The average Bonchev–Trinajstić information content (AvgIpc) is 2.77. The Balaban J connectivity index is 2.06. The van der Waals surface area contributed by atoms with Gasteiger partial charge in [-0.1, -0.05) is 0 Å². The average molecular weight is 214 g/mol. The fourth-order valence-corrected chi connectivity index (χ4v) is 3.72.